The molecule has 0 aromatic heterocycles. The van der Waals surface area contributed by atoms with Crippen LogP contribution in [0.3, 0.4) is 0 Å². The van der Waals surface area contributed by atoms with Gasteiger partial charge in [-0.25, -0.2) is 4.39 Å². The summed E-state index contributed by atoms with van der Waals surface area (Å²) in [5, 5.41) is 12.9. The van der Waals surface area contributed by atoms with E-state index in [1.165, 1.54) is 0 Å². The number of amides is 1. The van der Waals surface area contributed by atoms with Crippen LogP contribution in [-0.2, 0) is 0 Å². The standard InChI is InChI=1S/C10H8F2N2O3/c11-7-4-8(12)9(14(16)17)3-6(7)10(15)13-5-1-2-5/h3-5H,1-2H2,(H,13,15). The van der Waals surface area contributed by atoms with Gasteiger partial charge in [0.1, 0.15) is 5.82 Å². The number of nitro benzene ring substituents is 1. The van der Waals surface area contributed by atoms with Crippen LogP contribution in [-0.4, -0.2) is 16.9 Å². The second-order valence-electron chi connectivity index (χ2n) is 3.79. The highest BCUT2D eigenvalue weighted by Crippen LogP contribution is 2.23. The quantitative estimate of drug-likeness (QED) is 0.648. The molecule has 2 rings (SSSR count). The van der Waals surface area contributed by atoms with Crippen molar-refractivity contribution in [3.05, 3.63) is 39.4 Å². The molecule has 0 bridgehead atoms. The highest BCUT2D eigenvalue weighted by atomic mass is 19.1. The van der Waals surface area contributed by atoms with Crippen molar-refractivity contribution in [1.29, 1.82) is 0 Å². The van der Waals surface area contributed by atoms with Crippen molar-refractivity contribution in [3.8, 4) is 0 Å². The third-order valence-corrected chi connectivity index (χ3v) is 2.39. The highest BCUT2D eigenvalue weighted by molar-refractivity contribution is 5.95. The lowest BCUT2D eigenvalue weighted by Gasteiger charge is -2.04. The van der Waals surface area contributed by atoms with E-state index < -0.39 is 33.7 Å². The predicted molar refractivity (Wildman–Crippen MR) is 53.5 cm³/mol. The predicted octanol–water partition coefficient (Wildman–Crippen LogP) is 1.77. The number of rotatable bonds is 3. The molecule has 90 valence electrons. The first-order chi connectivity index (χ1) is 7.99. The zero-order valence-electron chi connectivity index (χ0n) is 8.57. The van der Waals surface area contributed by atoms with Crippen LogP contribution in [0.4, 0.5) is 14.5 Å². The van der Waals surface area contributed by atoms with E-state index in [-0.39, 0.29) is 6.04 Å². The number of nitrogens with zero attached hydrogens (tertiary/aromatic N) is 1. The summed E-state index contributed by atoms with van der Waals surface area (Å²) in [5.41, 5.74) is -1.42. The Bertz CT molecular complexity index is 501. The summed E-state index contributed by atoms with van der Waals surface area (Å²) in [6.45, 7) is 0. The van der Waals surface area contributed by atoms with Crippen molar-refractivity contribution in [2.24, 2.45) is 0 Å². The number of halogens is 2. The van der Waals surface area contributed by atoms with Crippen LogP contribution in [0.1, 0.15) is 23.2 Å². The minimum Gasteiger partial charge on any atom is -0.349 e. The summed E-state index contributed by atoms with van der Waals surface area (Å²) in [4.78, 5) is 21.0. The first-order valence-electron chi connectivity index (χ1n) is 4.93. The molecule has 1 aliphatic rings. The lowest BCUT2D eigenvalue weighted by molar-refractivity contribution is -0.387. The monoisotopic (exact) mass is 242 g/mol. The average molecular weight is 242 g/mol. The van der Waals surface area contributed by atoms with Crippen molar-refractivity contribution < 1.29 is 18.5 Å². The fraction of sp³-hybridized carbons (Fsp3) is 0.300. The number of nitrogens with one attached hydrogen (secondary N) is 1. The third kappa shape index (κ3) is 2.38. The average Bonchev–Trinajstić information content (AvgIpc) is 3.00. The zero-order chi connectivity index (χ0) is 12.6. The Morgan fingerprint density at radius 1 is 1.35 bits per heavy atom. The van der Waals surface area contributed by atoms with Gasteiger partial charge >= 0.3 is 5.69 Å². The van der Waals surface area contributed by atoms with Gasteiger partial charge in [0.05, 0.1) is 10.5 Å². The van der Waals surface area contributed by atoms with Gasteiger partial charge in [0.2, 0.25) is 5.82 Å². The molecule has 7 heteroatoms. The van der Waals surface area contributed by atoms with E-state index in [9.17, 15) is 23.7 Å². The van der Waals surface area contributed by atoms with Crippen LogP contribution in [0, 0.1) is 21.7 Å². The summed E-state index contributed by atoms with van der Waals surface area (Å²) in [5.74, 6) is -3.16. The third-order valence-electron chi connectivity index (χ3n) is 2.39. The molecule has 1 fully saturated rings. The minimum absolute atomic E-state index is 0.00832. The van der Waals surface area contributed by atoms with Crippen LogP contribution >= 0.6 is 0 Å². The molecule has 1 aromatic rings. The molecule has 0 heterocycles. The van der Waals surface area contributed by atoms with Crippen molar-refractivity contribution in [2.75, 3.05) is 0 Å². The number of hydrogen-bond acceptors (Lipinski definition) is 3. The summed E-state index contributed by atoms with van der Waals surface area (Å²) >= 11 is 0. The number of carbonyl (C=O) groups excluding carboxylic acids is 1. The first kappa shape index (κ1) is 11.4. The van der Waals surface area contributed by atoms with E-state index in [2.05, 4.69) is 5.32 Å². The summed E-state index contributed by atoms with van der Waals surface area (Å²) < 4.78 is 26.3. The zero-order valence-corrected chi connectivity index (χ0v) is 8.57. The van der Waals surface area contributed by atoms with E-state index in [1.54, 1.807) is 0 Å². The van der Waals surface area contributed by atoms with Crippen molar-refractivity contribution in [1.82, 2.24) is 5.32 Å². The molecule has 1 aliphatic carbocycles. The van der Waals surface area contributed by atoms with Crippen LogP contribution in [0.2, 0.25) is 0 Å². The molecule has 1 aromatic carbocycles. The van der Waals surface area contributed by atoms with Gasteiger partial charge in [-0.05, 0) is 12.8 Å². The van der Waals surface area contributed by atoms with Gasteiger partial charge in [-0.2, -0.15) is 4.39 Å². The normalized spacial score (nSPS) is 14.5. The van der Waals surface area contributed by atoms with Crippen molar-refractivity contribution in [3.63, 3.8) is 0 Å². The van der Waals surface area contributed by atoms with E-state index >= 15 is 0 Å². The first-order valence-corrected chi connectivity index (χ1v) is 4.93. The number of nitro groups is 1. The largest absolute Gasteiger partial charge is 0.349 e. The van der Waals surface area contributed by atoms with Gasteiger partial charge in [-0.15, -0.1) is 0 Å². The molecule has 1 amide bonds. The molecule has 5 nitrogen and oxygen atoms in total. The Hall–Kier alpha value is -2.05. The molecule has 0 saturated heterocycles. The summed E-state index contributed by atoms with van der Waals surface area (Å²) in [6.07, 6.45) is 1.60. The maximum absolute atomic E-state index is 13.3. The lowest BCUT2D eigenvalue weighted by atomic mass is 10.1. The Kier molecular flexibility index (Phi) is 2.74. The molecule has 0 atom stereocenters. The molecule has 0 unspecified atom stereocenters. The van der Waals surface area contributed by atoms with Crippen LogP contribution < -0.4 is 5.32 Å². The molecule has 17 heavy (non-hydrogen) atoms. The van der Waals surface area contributed by atoms with Gasteiger partial charge in [-0.3, -0.25) is 14.9 Å². The highest BCUT2D eigenvalue weighted by Gasteiger charge is 2.27. The van der Waals surface area contributed by atoms with Crippen molar-refractivity contribution in [2.45, 2.75) is 18.9 Å². The molecule has 0 spiro atoms. The van der Waals surface area contributed by atoms with E-state index in [0.717, 1.165) is 12.8 Å². The summed E-state index contributed by atoms with van der Waals surface area (Å²) in [7, 11) is 0. The van der Waals surface area contributed by atoms with Gasteiger partial charge in [0.25, 0.3) is 5.91 Å². The lowest BCUT2D eigenvalue weighted by Crippen LogP contribution is -2.26. The Labute approximate surface area is 94.6 Å². The SMILES string of the molecule is O=C(NC1CC1)c1cc([N+](=O)[O-])c(F)cc1F. The smallest absolute Gasteiger partial charge is 0.305 e. The van der Waals surface area contributed by atoms with Crippen LogP contribution in [0.5, 0.6) is 0 Å². The maximum Gasteiger partial charge on any atom is 0.305 e. The topological polar surface area (TPSA) is 72.2 Å². The van der Waals surface area contributed by atoms with Gasteiger partial charge in [0.15, 0.2) is 0 Å². The van der Waals surface area contributed by atoms with E-state index in [4.69, 9.17) is 0 Å². The molecular weight excluding hydrogens is 234 g/mol. The number of carbonyl (C=O) groups is 1. The summed E-state index contributed by atoms with van der Waals surface area (Å²) in [6, 6.07) is 0.952. The number of benzene rings is 1. The van der Waals surface area contributed by atoms with Crippen molar-refractivity contribution >= 4 is 11.6 Å². The molecular formula is C10H8F2N2O3. The number of hydrogen-bond donors (Lipinski definition) is 1. The maximum atomic E-state index is 13.3. The molecule has 1 saturated carbocycles. The van der Waals surface area contributed by atoms with Gasteiger partial charge in [0, 0.05) is 18.2 Å². The Morgan fingerprint density at radius 2 is 2.00 bits per heavy atom. The fourth-order valence-corrected chi connectivity index (χ4v) is 1.34. The van der Waals surface area contributed by atoms with Crippen LogP contribution in [0.25, 0.3) is 0 Å². The second kappa shape index (κ2) is 4.08. The molecule has 0 aliphatic heterocycles. The van der Waals surface area contributed by atoms with E-state index in [1.807, 2.05) is 0 Å². The van der Waals surface area contributed by atoms with E-state index in [0.29, 0.717) is 12.1 Å². The van der Waals surface area contributed by atoms with Gasteiger partial charge < -0.3 is 5.32 Å². The van der Waals surface area contributed by atoms with Gasteiger partial charge in [-0.1, -0.05) is 0 Å². The molecule has 1 N–H and O–H groups in total. The minimum atomic E-state index is -1.30. The second-order valence-corrected chi connectivity index (χ2v) is 3.79. The molecule has 0 radical (unpaired) electrons. The van der Waals surface area contributed by atoms with Crippen LogP contribution in [0.15, 0.2) is 12.1 Å². The fourth-order valence-electron chi connectivity index (χ4n) is 1.34. The Morgan fingerprint density at radius 3 is 2.53 bits per heavy atom. The Balaban J connectivity index is 2.34.